The minimum Gasteiger partial charge on any atom is -0.406 e. The van der Waals surface area contributed by atoms with Crippen molar-refractivity contribution < 1.29 is 33.4 Å². The maximum Gasteiger partial charge on any atom is 0.261 e. The van der Waals surface area contributed by atoms with Gasteiger partial charge in [-0.2, -0.15) is 8.42 Å². The topological polar surface area (TPSA) is 80.4 Å². The molecular formula is C26H43NO3PPdS-. The molecule has 33 heavy (non-hydrogen) atoms. The Bertz CT molecular complexity index is 891. The van der Waals surface area contributed by atoms with Gasteiger partial charge in [-0.15, -0.1) is 35.9 Å². The molecule has 0 unspecified atom stereocenters. The molecule has 0 aromatic heterocycles. The standard InChI is InChI=1S/C13H29P.C12H10N.CH4O3S.Pd/c1-11(2,3)10-14(12(4,5)6)13(7,8)9;13-12-9-5-4-8-11(12)10-6-2-1-3-7-10;1-5(2,3)4;/h10H2,1-9H3;1-6,8-9H,13H2;1H3,(H,2,3,4);/q;-1;;. The van der Waals surface area contributed by atoms with Crippen molar-refractivity contribution in [2.24, 2.45) is 5.41 Å². The molecule has 0 aliphatic heterocycles. The van der Waals surface area contributed by atoms with Crippen molar-refractivity contribution in [1.29, 1.82) is 0 Å². The van der Waals surface area contributed by atoms with Gasteiger partial charge in [-0.3, -0.25) is 4.55 Å². The van der Waals surface area contributed by atoms with Crippen molar-refractivity contribution in [2.75, 3.05) is 18.2 Å². The third kappa shape index (κ3) is 17.3. The summed E-state index contributed by atoms with van der Waals surface area (Å²) in [6, 6.07) is 18.8. The van der Waals surface area contributed by atoms with Crippen LogP contribution in [0.15, 0.2) is 48.5 Å². The molecule has 0 amide bonds. The summed E-state index contributed by atoms with van der Waals surface area (Å²) in [5.74, 6) is 0. The first kappa shape index (κ1) is 34.4. The summed E-state index contributed by atoms with van der Waals surface area (Å²) in [4.78, 5) is 0. The molecule has 0 heterocycles. The predicted molar refractivity (Wildman–Crippen MR) is 143 cm³/mol. The van der Waals surface area contributed by atoms with Crippen LogP contribution in [0.4, 0.5) is 5.69 Å². The minimum atomic E-state index is -3.67. The van der Waals surface area contributed by atoms with Gasteiger partial charge in [-0.05, 0) is 33.6 Å². The minimum absolute atomic E-state index is 0. The van der Waals surface area contributed by atoms with E-state index in [4.69, 9.17) is 10.3 Å². The van der Waals surface area contributed by atoms with Crippen LogP contribution in [0.25, 0.3) is 11.1 Å². The molecule has 2 aromatic rings. The molecule has 192 valence electrons. The summed E-state index contributed by atoms with van der Waals surface area (Å²) < 4.78 is 25.9. The van der Waals surface area contributed by atoms with E-state index < -0.39 is 10.1 Å². The summed E-state index contributed by atoms with van der Waals surface area (Å²) in [6.45, 7) is 21.5. The van der Waals surface area contributed by atoms with Gasteiger partial charge in [0, 0.05) is 20.4 Å². The second-order valence-corrected chi connectivity index (χ2v) is 16.4. The molecule has 0 fully saturated rings. The largest absolute Gasteiger partial charge is 0.406 e. The number of anilines is 1. The first-order chi connectivity index (χ1) is 14.2. The SMILES string of the molecule is CC(C)(C)CP(C(C)(C)C)C(C)(C)C.CS(=O)(=O)O.Nc1ccccc1-c1[c-]cccc1.[Pd]. The Morgan fingerprint density at radius 2 is 1.30 bits per heavy atom. The number of rotatable bonds is 2. The fourth-order valence-electron chi connectivity index (χ4n) is 3.26. The summed E-state index contributed by atoms with van der Waals surface area (Å²) in [5.41, 5.74) is 9.18. The van der Waals surface area contributed by atoms with Gasteiger partial charge in [0.25, 0.3) is 10.1 Å². The van der Waals surface area contributed by atoms with E-state index in [1.54, 1.807) is 0 Å². The molecule has 0 atom stereocenters. The molecule has 0 aliphatic carbocycles. The number of nitrogen functional groups attached to an aromatic ring is 1. The van der Waals surface area contributed by atoms with E-state index in [2.05, 4.69) is 68.4 Å². The van der Waals surface area contributed by atoms with E-state index >= 15 is 0 Å². The predicted octanol–water partition coefficient (Wildman–Crippen LogP) is 7.35. The zero-order valence-electron chi connectivity index (χ0n) is 21.8. The van der Waals surface area contributed by atoms with Crippen LogP contribution < -0.4 is 5.73 Å². The molecule has 7 heteroatoms. The van der Waals surface area contributed by atoms with Crippen molar-refractivity contribution in [3.63, 3.8) is 0 Å². The Balaban J connectivity index is 0. The van der Waals surface area contributed by atoms with E-state index in [0.29, 0.717) is 22.0 Å². The third-order valence-electron chi connectivity index (χ3n) is 4.21. The van der Waals surface area contributed by atoms with Crippen LogP contribution >= 0.6 is 7.92 Å². The van der Waals surface area contributed by atoms with Crippen molar-refractivity contribution in [3.8, 4) is 11.1 Å². The Kier molecular flexibility index (Phi) is 14.6. The Morgan fingerprint density at radius 3 is 1.61 bits per heavy atom. The first-order valence-corrected chi connectivity index (χ1v) is 14.1. The Labute approximate surface area is 218 Å². The summed E-state index contributed by atoms with van der Waals surface area (Å²) in [6.07, 6.45) is 2.09. The van der Waals surface area contributed by atoms with Crippen LogP contribution in [0.3, 0.4) is 0 Å². The molecule has 0 radical (unpaired) electrons. The van der Waals surface area contributed by atoms with E-state index in [1.807, 2.05) is 48.5 Å². The van der Waals surface area contributed by atoms with Crippen molar-refractivity contribution in [1.82, 2.24) is 0 Å². The number of benzene rings is 2. The van der Waals surface area contributed by atoms with Crippen molar-refractivity contribution in [2.45, 2.75) is 72.6 Å². The van der Waals surface area contributed by atoms with Crippen LogP contribution in [-0.2, 0) is 30.5 Å². The van der Waals surface area contributed by atoms with Crippen LogP contribution in [0.5, 0.6) is 0 Å². The van der Waals surface area contributed by atoms with E-state index in [0.717, 1.165) is 16.8 Å². The molecule has 0 bridgehead atoms. The second kappa shape index (κ2) is 14.0. The number of para-hydroxylation sites is 1. The van der Waals surface area contributed by atoms with E-state index in [9.17, 15) is 8.42 Å². The van der Waals surface area contributed by atoms with Crippen LogP contribution in [0.1, 0.15) is 62.3 Å². The zero-order chi connectivity index (χ0) is 25.4. The van der Waals surface area contributed by atoms with Gasteiger partial charge in [-0.25, -0.2) is 0 Å². The van der Waals surface area contributed by atoms with Gasteiger partial charge < -0.3 is 5.73 Å². The van der Waals surface area contributed by atoms with Gasteiger partial charge in [-0.1, -0.05) is 94.0 Å². The van der Waals surface area contributed by atoms with Crippen LogP contribution in [0.2, 0.25) is 0 Å². The Morgan fingerprint density at radius 1 is 0.879 bits per heavy atom. The average molecular weight is 587 g/mol. The monoisotopic (exact) mass is 586 g/mol. The number of hydrogen-bond acceptors (Lipinski definition) is 3. The number of hydrogen-bond donors (Lipinski definition) is 2. The van der Waals surface area contributed by atoms with Gasteiger partial charge in [0.05, 0.1) is 6.26 Å². The quantitative estimate of drug-likeness (QED) is 0.127. The molecule has 0 aliphatic rings. The van der Waals surface area contributed by atoms with Gasteiger partial charge in [0.2, 0.25) is 0 Å². The van der Waals surface area contributed by atoms with E-state index in [1.165, 1.54) is 6.16 Å². The maximum atomic E-state index is 9.19. The number of nitrogens with two attached hydrogens (primary N) is 1. The fraction of sp³-hybridized carbons (Fsp3) is 0.538. The molecule has 2 aromatic carbocycles. The Hall–Kier alpha value is -0.758. The molecular weight excluding hydrogens is 544 g/mol. The average Bonchev–Trinajstić information content (AvgIpc) is 2.58. The smallest absolute Gasteiger partial charge is 0.261 e. The molecule has 3 N–H and O–H groups in total. The molecule has 2 rings (SSSR count). The van der Waals surface area contributed by atoms with Gasteiger partial charge >= 0.3 is 0 Å². The van der Waals surface area contributed by atoms with Gasteiger partial charge in [0.15, 0.2) is 0 Å². The second-order valence-electron chi connectivity index (χ2n) is 11.1. The van der Waals surface area contributed by atoms with Crippen molar-refractivity contribution in [3.05, 3.63) is 54.6 Å². The van der Waals surface area contributed by atoms with Crippen LogP contribution in [-0.4, -0.2) is 35.7 Å². The third-order valence-corrected chi connectivity index (χ3v) is 8.72. The fourth-order valence-corrected chi connectivity index (χ4v) is 7.17. The van der Waals surface area contributed by atoms with Crippen LogP contribution in [0, 0.1) is 11.5 Å². The molecule has 0 spiro atoms. The van der Waals surface area contributed by atoms with E-state index in [-0.39, 0.29) is 28.3 Å². The molecule has 0 saturated heterocycles. The summed E-state index contributed by atoms with van der Waals surface area (Å²) in [7, 11) is -3.60. The maximum absolute atomic E-state index is 9.19. The summed E-state index contributed by atoms with van der Waals surface area (Å²) in [5, 5.41) is 0.946. The van der Waals surface area contributed by atoms with Crippen molar-refractivity contribution >= 4 is 23.7 Å². The molecule has 4 nitrogen and oxygen atoms in total. The van der Waals surface area contributed by atoms with Gasteiger partial charge in [0.1, 0.15) is 0 Å². The zero-order valence-corrected chi connectivity index (χ0v) is 25.1. The first-order valence-electron chi connectivity index (χ1n) is 10.7. The summed E-state index contributed by atoms with van der Waals surface area (Å²) >= 11 is 0. The molecule has 0 saturated carbocycles. The normalized spacial score (nSPS) is 12.0.